The summed E-state index contributed by atoms with van der Waals surface area (Å²) in [6.07, 6.45) is 9.81. The highest BCUT2D eigenvalue weighted by Gasteiger charge is 2.32. The van der Waals surface area contributed by atoms with Gasteiger partial charge in [-0.3, -0.25) is 9.78 Å². The molecule has 126 valence electrons. The van der Waals surface area contributed by atoms with Gasteiger partial charge < -0.3 is 9.42 Å². The first-order chi connectivity index (χ1) is 11.7. The Hall–Kier alpha value is -2.24. The molecule has 6 nitrogen and oxygen atoms in total. The van der Waals surface area contributed by atoms with Crippen molar-refractivity contribution in [3.63, 3.8) is 0 Å². The summed E-state index contributed by atoms with van der Waals surface area (Å²) >= 11 is 0. The molecular weight excluding hydrogens is 304 g/mol. The fourth-order valence-electron chi connectivity index (χ4n) is 3.84. The molecular formula is C18H22N4O2. The number of piperidine rings is 1. The topological polar surface area (TPSA) is 72.1 Å². The third-order valence-electron chi connectivity index (χ3n) is 5.26. The van der Waals surface area contributed by atoms with Crippen LogP contribution in [0.25, 0.3) is 0 Å². The normalized spacial score (nSPS) is 21.5. The Morgan fingerprint density at radius 1 is 1.25 bits per heavy atom. The Morgan fingerprint density at radius 3 is 2.83 bits per heavy atom. The average molecular weight is 326 g/mol. The Labute approximate surface area is 141 Å². The number of nitrogens with zero attached hydrogens (tertiary/aromatic N) is 4. The summed E-state index contributed by atoms with van der Waals surface area (Å²) < 4.78 is 5.71. The van der Waals surface area contributed by atoms with Gasteiger partial charge >= 0.3 is 0 Å². The molecule has 1 atom stereocenters. The Bertz CT molecular complexity index is 720. The number of hydrogen-bond acceptors (Lipinski definition) is 5. The highest BCUT2D eigenvalue weighted by molar-refractivity contribution is 5.92. The minimum absolute atomic E-state index is 0.0326. The number of aromatic nitrogens is 3. The first-order valence-corrected chi connectivity index (χ1v) is 8.75. The molecule has 2 aromatic rings. The van der Waals surface area contributed by atoms with Gasteiger partial charge in [0.2, 0.25) is 0 Å². The fourth-order valence-corrected chi connectivity index (χ4v) is 3.84. The second-order valence-corrected chi connectivity index (χ2v) is 6.98. The third kappa shape index (κ3) is 2.81. The van der Waals surface area contributed by atoms with Crippen molar-refractivity contribution in [1.29, 1.82) is 0 Å². The van der Waals surface area contributed by atoms with Gasteiger partial charge in [-0.15, -0.1) is 0 Å². The summed E-state index contributed by atoms with van der Waals surface area (Å²) in [7, 11) is 0. The fraction of sp³-hybridized carbons (Fsp3) is 0.556. The highest BCUT2D eigenvalue weighted by Crippen LogP contribution is 2.36. The lowest BCUT2D eigenvalue weighted by atomic mass is 9.83. The van der Waals surface area contributed by atoms with E-state index in [1.54, 1.807) is 12.4 Å². The van der Waals surface area contributed by atoms with Crippen LogP contribution < -0.4 is 0 Å². The number of carbonyl (C=O) groups excluding carboxylic acids is 1. The Morgan fingerprint density at radius 2 is 2.08 bits per heavy atom. The van der Waals surface area contributed by atoms with Crippen LogP contribution in [0.1, 0.15) is 59.6 Å². The van der Waals surface area contributed by atoms with Crippen LogP contribution in [0.15, 0.2) is 23.1 Å². The van der Waals surface area contributed by atoms with E-state index in [0.29, 0.717) is 17.5 Å². The smallest absolute Gasteiger partial charge is 0.274 e. The summed E-state index contributed by atoms with van der Waals surface area (Å²) in [6, 6.07) is 0. The van der Waals surface area contributed by atoms with E-state index in [0.717, 1.165) is 50.2 Å². The number of aryl methyl sites for hydroxylation is 1. The monoisotopic (exact) mass is 326 g/mol. The van der Waals surface area contributed by atoms with E-state index in [1.165, 1.54) is 18.2 Å². The molecule has 1 aliphatic heterocycles. The summed E-state index contributed by atoms with van der Waals surface area (Å²) in [5.41, 5.74) is 2.91. The van der Waals surface area contributed by atoms with Crippen LogP contribution in [-0.2, 0) is 12.8 Å². The van der Waals surface area contributed by atoms with Gasteiger partial charge in [0.25, 0.3) is 5.91 Å². The highest BCUT2D eigenvalue weighted by atomic mass is 16.5. The van der Waals surface area contributed by atoms with E-state index in [4.69, 9.17) is 4.52 Å². The Balaban J connectivity index is 1.44. The summed E-state index contributed by atoms with van der Waals surface area (Å²) in [5.74, 6) is 2.12. The van der Waals surface area contributed by atoms with Gasteiger partial charge in [0.05, 0.1) is 11.9 Å². The van der Waals surface area contributed by atoms with Crippen LogP contribution >= 0.6 is 0 Å². The maximum atomic E-state index is 12.5. The molecule has 2 aliphatic rings. The molecule has 1 fully saturated rings. The zero-order valence-electron chi connectivity index (χ0n) is 13.9. The van der Waals surface area contributed by atoms with E-state index >= 15 is 0 Å². The molecule has 24 heavy (non-hydrogen) atoms. The summed E-state index contributed by atoms with van der Waals surface area (Å²) in [4.78, 5) is 22.4. The van der Waals surface area contributed by atoms with Crippen molar-refractivity contribution in [2.24, 2.45) is 5.92 Å². The molecule has 0 unspecified atom stereocenters. The van der Waals surface area contributed by atoms with Gasteiger partial charge in [-0.25, -0.2) is 4.98 Å². The molecule has 0 radical (unpaired) electrons. The van der Waals surface area contributed by atoms with Crippen molar-refractivity contribution in [2.45, 2.75) is 44.9 Å². The van der Waals surface area contributed by atoms with Crippen molar-refractivity contribution < 1.29 is 9.32 Å². The lowest BCUT2D eigenvalue weighted by Gasteiger charge is -2.31. The van der Waals surface area contributed by atoms with E-state index in [1.807, 2.05) is 4.90 Å². The van der Waals surface area contributed by atoms with Gasteiger partial charge in [0.1, 0.15) is 11.5 Å². The quantitative estimate of drug-likeness (QED) is 0.848. The maximum Gasteiger partial charge on any atom is 0.274 e. The molecule has 1 aliphatic carbocycles. The summed E-state index contributed by atoms with van der Waals surface area (Å²) in [6.45, 7) is 3.75. The average Bonchev–Trinajstić information content (AvgIpc) is 3.05. The van der Waals surface area contributed by atoms with Gasteiger partial charge in [0, 0.05) is 37.0 Å². The van der Waals surface area contributed by atoms with Crippen molar-refractivity contribution >= 4 is 5.91 Å². The minimum atomic E-state index is -0.0326. The van der Waals surface area contributed by atoms with E-state index in [2.05, 4.69) is 22.0 Å². The predicted octanol–water partition coefficient (Wildman–Crippen LogP) is 2.61. The first-order valence-electron chi connectivity index (χ1n) is 8.75. The minimum Gasteiger partial charge on any atom is -0.361 e. The second kappa shape index (κ2) is 6.34. The van der Waals surface area contributed by atoms with Crippen molar-refractivity contribution in [1.82, 2.24) is 20.0 Å². The van der Waals surface area contributed by atoms with Crippen LogP contribution in [0, 0.1) is 5.92 Å². The summed E-state index contributed by atoms with van der Waals surface area (Å²) in [5, 5.41) is 4.29. The van der Waals surface area contributed by atoms with Gasteiger partial charge in [0.15, 0.2) is 0 Å². The molecule has 4 rings (SSSR count). The van der Waals surface area contributed by atoms with E-state index in [9.17, 15) is 4.79 Å². The number of likely N-dealkylation sites (tertiary alicyclic amines) is 1. The zero-order chi connectivity index (χ0) is 16.5. The molecule has 0 saturated carbocycles. The van der Waals surface area contributed by atoms with Gasteiger partial charge in [-0.05, 0) is 38.0 Å². The molecule has 2 aromatic heterocycles. The van der Waals surface area contributed by atoms with Crippen molar-refractivity contribution in [3.05, 3.63) is 41.3 Å². The molecule has 3 heterocycles. The molecule has 0 bridgehead atoms. The van der Waals surface area contributed by atoms with Crippen molar-refractivity contribution in [2.75, 3.05) is 13.1 Å². The predicted molar refractivity (Wildman–Crippen MR) is 87.6 cm³/mol. The molecule has 6 heteroatoms. The molecule has 0 aromatic carbocycles. The van der Waals surface area contributed by atoms with Gasteiger partial charge in [-0.1, -0.05) is 12.1 Å². The number of hydrogen-bond donors (Lipinski definition) is 0. The second-order valence-electron chi connectivity index (χ2n) is 6.98. The molecule has 1 amide bonds. The first kappa shape index (κ1) is 15.3. The Kier molecular flexibility index (Phi) is 4.04. The lowest BCUT2D eigenvalue weighted by molar-refractivity contribution is 0.0699. The van der Waals surface area contributed by atoms with Crippen LogP contribution in [-0.4, -0.2) is 39.0 Å². The van der Waals surface area contributed by atoms with Crippen molar-refractivity contribution in [3.8, 4) is 0 Å². The third-order valence-corrected chi connectivity index (χ3v) is 5.26. The van der Waals surface area contributed by atoms with Crippen LogP contribution in [0.4, 0.5) is 0 Å². The largest absolute Gasteiger partial charge is 0.361 e. The zero-order valence-corrected chi connectivity index (χ0v) is 13.9. The van der Waals surface area contributed by atoms with Crippen LogP contribution in [0.2, 0.25) is 0 Å². The van der Waals surface area contributed by atoms with E-state index < -0.39 is 0 Å². The molecule has 1 saturated heterocycles. The molecule has 0 N–H and O–H groups in total. The number of amides is 1. The van der Waals surface area contributed by atoms with E-state index in [-0.39, 0.29) is 5.91 Å². The van der Waals surface area contributed by atoms with Crippen LogP contribution in [0.5, 0.6) is 0 Å². The lowest BCUT2D eigenvalue weighted by Crippen LogP contribution is -2.38. The number of fused-ring (bicyclic) bond motifs is 1. The van der Waals surface area contributed by atoms with Gasteiger partial charge in [-0.2, -0.15) is 0 Å². The van der Waals surface area contributed by atoms with Crippen LogP contribution in [0.3, 0.4) is 0 Å². The number of carbonyl (C=O) groups is 1. The SMILES string of the molecule is C[C@@H]1CCc2noc(C3CCN(C(=O)c4cnccn4)CC3)c2C1. The standard InChI is InChI=1S/C18H22N4O2/c1-12-2-3-15-14(10-12)17(24-21-15)13-4-8-22(9-5-13)18(23)16-11-19-6-7-20-16/h6-7,11-13H,2-5,8-10H2,1H3/t12-/m1/s1. The molecule has 0 spiro atoms. The maximum absolute atomic E-state index is 12.5. The number of rotatable bonds is 2.